The van der Waals surface area contributed by atoms with Crippen LogP contribution < -0.4 is 15.2 Å². The first-order chi connectivity index (χ1) is 19.6. The minimum Gasteiger partial charge on any atom is -0.494 e. The summed E-state index contributed by atoms with van der Waals surface area (Å²) < 4.78 is 21.0. The molecule has 5 aromatic rings. The predicted octanol–water partition coefficient (Wildman–Crippen LogP) is 4.01. The number of benzene rings is 3. The Bertz CT molecular complexity index is 1640. The van der Waals surface area contributed by atoms with Crippen molar-refractivity contribution in [1.29, 1.82) is 0 Å². The topological polar surface area (TPSA) is 92.2 Å². The Labute approximate surface area is 230 Å². The van der Waals surface area contributed by atoms with Gasteiger partial charge in [0.25, 0.3) is 5.56 Å². The molecule has 0 radical (unpaired) electrons. The molecular formula is C30H30FN7O2. The third kappa shape index (κ3) is 5.30. The third-order valence-corrected chi connectivity index (χ3v) is 7.30. The van der Waals surface area contributed by atoms with Gasteiger partial charge in [-0.3, -0.25) is 9.69 Å². The number of halogens is 1. The molecule has 3 heterocycles. The Morgan fingerprint density at radius 1 is 0.975 bits per heavy atom. The van der Waals surface area contributed by atoms with Crippen molar-refractivity contribution in [3.8, 4) is 5.75 Å². The summed E-state index contributed by atoms with van der Waals surface area (Å²) in [5.74, 6) is 1.09. The van der Waals surface area contributed by atoms with Crippen molar-refractivity contribution in [2.75, 3.05) is 37.7 Å². The van der Waals surface area contributed by atoms with E-state index in [1.165, 1.54) is 12.1 Å². The fourth-order valence-electron chi connectivity index (χ4n) is 5.33. The minimum absolute atomic E-state index is 0.183. The molecule has 6 rings (SSSR count). The highest BCUT2D eigenvalue weighted by molar-refractivity contribution is 5.80. The smallest absolute Gasteiger partial charge is 0.253 e. The lowest BCUT2D eigenvalue weighted by atomic mass is 10.0. The van der Waals surface area contributed by atoms with Gasteiger partial charge in [-0.25, -0.2) is 9.07 Å². The molecule has 0 saturated carbocycles. The highest BCUT2D eigenvalue weighted by atomic mass is 19.1. The summed E-state index contributed by atoms with van der Waals surface area (Å²) in [6.45, 7) is 5.72. The molecule has 10 heteroatoms. The van der Waals surface area contributed by atoms with Gasteiger partial charge in [0.1, 0.15) is 17.6 Å². The number of H-pyrrole nitrogens is 1. The van der Waals surface area contributed by atoms with Crippen LogP contribution >= 0.6 is 0 Å². The Hall–Kier alpha value is -4.57. The maximum absolute atomic E-state index is 13.6. The van der Waals surface area contributed by atoms with Crippen LogP contribution in [-0.4, -0.2) is 62.9 Å². The fourth-order valence-corrected chi connectivity index (χ4v) is 5.33. The summed E-state index contributed by atoms with van der Waals surface area (Å²) in [6.07, 6.45) is 0. The molecule has 2 aromatic heterocycles. The van der Waals surface area contributed by atoms with Gasteiger partial charge in [0, 0.05) is 48.3 Å². The summed E-state index contributed by atoms with van der Waals surface area (Å²) in [7, 11) is 0. The fraction of sp³-hybridized carbons (Fsp3) is 0.267. The SMILES string of the molecule is CCOc1ccc2[nH]c(=O)c(C(c3nnnn3Cc3ccccc3)N3CCN(c4ccc(F)cc4)CC3)cc2c1. The van der Waals surface area contributed by atoms with Gasteiger partial charge in [0.2, 0.25) is 0 Å². The van der Waals surface area contributed by atoms with Gasteiger partial charge in [-0.15, -0.1) is 5.10 Å². The van der Waals surface area contributed by atoms with Crippen LogP contribution in [0.5, 0.6) is 5.75 Å². The number of hydrogen-bond acceptors (Lipinski definition) is 7. The lowest BCUT2D eigenvalue weighted by Crippen LogP contribution is -2.49. The Balaban J connectivity index is 1.38. The zero-order valence-electron chi connectivity index (χ0n) is 22.2. The van der Waals surface area contributed by atoms with E-state index in [9.17, 15) is 9.18 Å². The zero-order valence-corrected chi connectivity index (χ0v) is 22.2. The molecule has 0 aliphatic carbocycles. The molecule has 0 spiro atoms. The normalized spacial score (nSPS) is 14.9. The lowest BCUT2D eigenvalue weighted by molar-refractivity contribution is 0.200. The van der Waals surface area contributed by atoms with Crippen LogP contribution in [0.3, 0.4) is 0 Å². The van der Waals surface area contributed by atoms with E-state index >= 15 is 0 Å². The van der Waals surface area contributed by atoms with Crippen LogP contribution in [-0.2, 0) is 6.54 Å². The number of tetrazole rings is 1. The van der Waals surface area contributed by atoms with Gasteiger partial charge in [0.05, 0.1) is 13.2 Å². The second-order valence-electron chi connectivity index (χ2n) is 9.82. The van der Waals surface area contributed by atoms with Crippen molar-refractivity contribution in [3.05, 3.63) is 112 Å². The van der Waals surface area contributed by atoms with E-state index in [0.29, 0.717) is 50.7 Å². The number of aromatic amines is 1. The van der Waals surface area contributed by atoms with Crippen molar-refractivity contribution >= 4 is 16.6 Å². The number of rotatable bonds is 8. The highest BCUT2D eigenvalue weighted by Crippen LogP contribution is 2.30. The van der Waals surface area contributed by atoms with E-state index in [2.05, 4.69) is 30.3 Å². The summed E-state index contributed by atoms with van der Waals surface area (Å²) in [5.41, 5.74) is 3.15. The molecule has 3 aromatic carbocycles. The van der Waals surface area contributed by atoms with Crippen molar-refractivity contribution in [3.63, 3.8) is 0 Å². The molecule has 0 amide bonds. The summed E-state index contributed by atoms with van der Waals surface area (Å²) in [5, 5.41) is 13.6. The molecule has 1 unspecified atom stereocenters. The van der Waals surface area contributed by atoms with Gasteiger partial charge in [-0.1, -0.05) is 30.3 Å². The number of nitrogens with one attached hydrogen (secondary N) is 1. The van der Waals surface area contributed by atoms with Crippen molar-refractivity contribution in [1.82, 2.24) is 30.1 Å². The number of fused-ring (bicyclic) bond motifs is 1. The quantitative estimate of drug-likeness (QED) is 0.319. The third-order valence-electron chi connectivity index (χ3n) is 7.30. The molecule has 1 aliphatic rings. The van der Waals surface area contributed by atoms with Crippen LogP contribution in [0.15, 0.2) is 83.7 Å². The Morgan fingerprint density at radius 2 is 1.75 bits per heavy atom. The average Bonchev–Trinajstić information content (AvgIpc) is 3.42. The number of aromatic nitrogens is 5. The van der Waals surface area contributed by atoms with Gasteiger partial charge in [-0.05, 0) is 71.4 Å². The van der Waals surface area contributed by atoms with Crippen molar-refractivity contribution in [2.24, 2.45) is 0 Å². The Morgan fingerprint density at radius 3 is 2.50 bits per heavy atom. The van der Waals surface area contributed by atoms with E-state index in [4.69, 9.17) is 4.74 Å². The molecule has 1 N–H and O–H groups in total. The first-order valence-corrected chi connectivity index (χ1v) is 13.4. The van der Waals surface area contributed by atoms with Gasteiger partial charge in [0.15, 0.2) is 5.82 Å². The van der Waals surface area contributed by atoms with E-state index < -0.39 is 6.04 Å². The van der Waals surface area contributed by atoms with Crippen LogP contribution in [0, 0.1) is 5.82 Å². The number of hydrogen-bond donors (Lipinski definition) is 1. The monoisotopic (exact) mass is 539 g/mol. The molecular weight excluding hydrogens is 509 g/mol. The van der Waals surface area contributed by atoms with Gasteiger partial charge >= 0.3 is 0 Å². The van der Waals surface area contributed by atoms with E-state index in [-0.39, 0.29) is 11.4 Å². The van der Waals surface area contributed by atoms with Crippen LogP contribution in [0.2, 0.25) is 0 Å². The van der Waals surface area contributed by atoms with Gasteiger partial charge < -0.3 is 14.6 Å². The van der Waals surface area contributed by atoms with E-state index in [1.54, 1.807) is 16.8 Å². The van der Waals surface area contributed by atoms with Crippen LogP contribution in [0.4, 0.5) is 10.1 Å². The van der Waals surface area contributed by atoms with Crippen LogP contribution in [0.1, 0.15) is 29.9 Å². The molecule has 1 saturated heterocycles. The Kier molecular flexibility index (Phi) is 7.24. The number of nitrogens with zero attached hydrogens (tertiary/aromatic N) is 6. The summed E-state index contributed by atoms with van der Waals surface area (Å²) in [6, 6.07) is 23.7. The van der Waals surface area contributed by atoms with E-state index in [1.807, 2.05) is 61.5 Å². The van der Waals surface area contributed by atoms with Gasteiger partial charge in [-0.2, -0.15) is 0 Å². The lowest BCUT2D eigenvalue weighted by Gasteiger charge is -2.39. The molecule has 9 nitrogen and oxygen atoms in total. The van der Waals surface area contributed by atoms with E-state index in [0.717, 1.165) is 27.9 Å². The minimum atomic E-state index is -0.474. The molecule has 1 fully saturated rings. The maximum Gasteiger partial charge on any atom is 0.253 e. The molecule has 204 valence electrons. The predicted molar refractivity (Wildman–Crippen MR) is 151 cm³/mol. The summed E-state index contributed by atoms with van der Waals surface area (Å²) in [4.78, 5) is 21.1. The molecule has 40 heavy (non-hydrogen) atoms. The van der Waals surface area contributed by atoms with Crippen molar-refractivity contribution in [2.45, 2.75) is 19.5 Å². The molecule has 1 aliphatic heterocycles. The standard InChI is InChI=1S/C30H30FN7O2/c1-2-40-25-12-13-27-22(18-25)19-26(30(39)32-27)28(29-33-34-35-38(29)20-21-6-4-3-5-7-21)37-16-14-36(15-17-37)24-10-8-23(31)9-11-24/h3-13,18-19,28H,2,14-17,20H2,1H3,(H,32,39). The number of pyridine rings is 1. The molecule has 1 atom stereocenters. The number of piperazine rings is 1. The van der Waals surface area contributed by atoms with Crippen molar-refractivity contribution < 1.29 is 9.13 Å². The number of anilines is 1. The zero-order chi connectivity index (χ0) is 27.5. The second kappa shape index (κ2) is 11.3. The van der Waals surface area contributed by atoms with Crippen LogP contribution in [0.25, 0.3) is 10.9 Å². The molecule has 0 bridgehead atoms. The maximum atomic E-state index is 13.6. The number of ether oxygens (including phenoxy) is 1. The first kappa shape index (κ1) is 25.7. The average molecular weight is 540 g/mol. The largest absolute Gasteiger partial charge is 0.494 e. The second-order valence-corrected chi connectivity index (χ2v) is 9.82. The summed E-state index contributed by atoms with van der Waals surface area (Å²) >= 11 is 0. The first-order valence-electron chi connectivity index (χ1n) is 13.4. The highest BCUT2D eigenvalue weighted by Gasteiger charge is 2.33.